The van der Waals surface area contributed by atoms with Crippen LogP contribution in [0.5, 0.6) is 0 Å². The number of aliphatic hydroxyl groups is 1. The third kappa shape index (κ3) is 7.22. The summed E-state index contributed by atoms with van der Waals surface area (Å²) in [6.45, 7) is 4.58. The summed E-state index contributed by atoms with van der Waals surface area (Å²) in [5.41, 5.74) is 1.37. The molecule has 0 aliphatic heterocycles. The molecule has 0 aliphatic carbocycles. The fraction of sp³-hybridized carbons (Fsp3) is 0.667. The van der Waals surface area contributed by atoms with Crippen LogP contribution in [0.2, 0.25) is 0 Å². The van der Waals surface area contributed by atoms with Gasteiger partial charge in [-0.05, 0) is 39.4 Å². The number of aliphatic hydroxyl groups excluding tert-OH is 1. The van der Waals surface area contributed by atoms with Crippen LogP contribution in [0.1, 0.15) is 33.1 Å². The first-order chi connectivity index (χ1) is 6.74. The number of hydrogen-bond donors (Lipinski definition) is 1. The standard InChI is InChI=1S/C12H22OS/c1-4-12(7-5-6-10-13)9-8-11(2)14-3/h4,8-9,11,13H,5-7,10H2,1-3H3/b9-8-,12-4-. The topological polar surface area (TPSA) is 20.2 Å². The van der Waals surface area contributed by atoms with Crippen molar-refractivity contribution in [1.29, 1.82) is 0 Å². The van der Waals surface area contributed by atoms with E-state index in [0.29, 0.717) is 11.9 Å². The Morgan fingerprint density at radius 2 is 2.14 bits per heavy atom. The van der Waals surface area contributed by atoms with Gasteiger partial charge in [-0.25, -0.2) is 0 Å². The Labute approximate surface area is 92.3 Å². The molecule has 0 radical (unpaired) electrons. The van der Waals surface area contributed by atoms with E-state index in [1.807, 2.05) is 11.8 Å². The zero-order valence-electron chi connectivity index (χ0n) is 9.49. The molecule has 0 bridgehead atoms. The first-order valence-corrected chi connectivity index (χ1v) is 6.50. The van der Waals surface area contributed by atoms with Crippen molar-refractivity contribution in [1.82, 2.24) is 0 Å². The molecule has 0 aliphatic rings. The molecule has 0 saturated heterocycles. The summed E-state index contributed by atoms with van der Waals surface area (Å²) in [5.74, 6) is 0. The highest BCUT2D eigenvalue weighted by Crippen LogP contribution is 2.12. The molecule has 82 valence electrons. The van der Waals surface area contributed by atoms with E-state index in [-0.39, 0.29) is 0 Å². The molecule has 1 N–H and O–H groups in total. The Morgan fingerprint density at radius 1 is 1.43 bits per heavy atom. The molecule has 0 aromatic carbocycles. The lowest BCUT2D eigenvalue weighted by atomic mass is 10.1. The van der Waals surface area contributed by atoms with Crippen LogP contribution in [0, 0.1) is 0 Å². The summed E-state index contributed by atoms with van der Waals surface area (Å²) < 4.78 is 0. The van der Waals surface area contributed by atoms with Gasteiger partial charge in [0.2, 0.25) is 0 Å². The van der Waals surface area contributed by atoms with Gasteiger partial charge in [0.05, 0.1) is 0 Å². The second kappa shape index (κ2) is 9.35. The van der Waals surface area contributed by atoms with Crippen molar-refractivity contribution in [2.45, 2.75) is 38.4 Å². The van der Waals surface area contributed by atoms with Gasteiger partial charge in [-0.3, -0.25) is 0 Å². The predicted octanol–water partition coefficient (Wildman–Crippen LogP) is 3.40. The molecule has 2 heteroatoms. The number of unbranched alkanes of at least 4 members (excludes halogenated alkanes) is 1. The summed E-state index contributed by atoms with van der Waals surface area (Å²) in [6, 6.07) is 0. The molecule has 0 amide bonds. The Hall–Kier alpha value is -0.210. The molecule has 1 atom stereocenters. The smallest absolute Gasteiger partial charge is 0.0431 e. The minimum atomic E-state index is 0.307. The summed E-state index contributed by atoms with van der Waals surface area (Å²) in [4.78, 5) is 0. The lowest BCUT2D eigenvalue weighted by Gasteiger charge is -2.03. The number of hydrogen-bond acceptors (Lipinski definition) is 2. The van der Waals surface area contributed by atoms with Crippen molar-refractivity contribution in [3.63, 3.8) is 0 Å². The van der Waals surface area contributed by atoms with Crippen LogP contribution in [0.3, 0.4) is 0 Å². The summed E-state index contributed by atoms with van der Waals surface area (Å²) in [7, 11) is 0. The van der Waals surface area contributed by atoms with Gasteiger partial charge in [-0.2, -0.15) is 11.8 Å². The van der Waals surface area contributed by atoms with Crippen LogP contribution in [0.4, 0.5) is 0 Å². The van der Waals surface area contributed by atoms with E-state index in [2.05, 4.69) is 38.3 Å². The fourth-order valence-corrected chi connectivity index (χ4v) is 1.34. The minimum absolute atomic E-state index is 0.307. The maximum atomic E-state index is 8.67. The molecule has 0 fully saturated rings. The SMILES string of the molecule is C/C=C(\C=C/C(C)SC)CCCCO. The Morgan fingerprint density at radius 3 is 2.64 bits per heavy atom. The van der Waals surface area contributed by atoms with Crippen LogP contribution in [0.15, 0.2) is 23.8 Å². The Kier molecular flexibility index (Phi) is 9.21. The maximum absolute atomic E-state index is 8.67. The van der Waals surface area contributed by atoms with Gasteiger partial charge in [-0.1, -0.05) is 23.8 Å². The fourth-order valence-electron chi connectivity index (χ4n) is 1.10. The number of thioether (sulfide) groups is 1. The van der Waals surface area contributed by atoms with Crippen LogP contribution < -0.4 is 0 Å². The Bertz CT molecular complexity index is 185. The van der Waals surface area contributed by atoms with Crippen LogP contribution in [-0.4, -0.2) is 23.2 Å². The van der Waals surface area contributed by atoms with E-state index in [1.54, 1.807) is 0 Å². The lowest BCUT2D eigenvalue weighted by molar-refractivity contribution is 0.285. The molecule has 0 aromatic rings. The molecule has 0 aromatic heterocycles. The van der Waals surface area contributed by atoms with E-state index in [0.717, 1.165) is 19.3 Å². The van der Waals surface area contributed by atoms with Crippen LogP contribution >= 0.6 is 11.8 Å². The highest BCUT2D eigenvalue weighted by molar-refractivity contribution is 7.99. The normalized spacial score (nSPS) is 15.0. The number of allylic oxidation sites excluding steroid dienone is 3. The first-order valence-electron chi connectivity index (χ1n) is 5.21. The van der Waals surface area contributed by atoms with Crippen molar-refractivity contribution < 1.29 is 5.11 Å². The molecule has 0 saturated carbocycles. The lowest BCUT2D eigenvalue weighted by Crippen LogP contribution is -1.89. The van der Waals surface area contributed by atoms with E-state index in [4.69, 9.17) is 5.11 Å². The average molecular weight is 214 g/mol. The first kappa shape index (κ1) is 13.8. The second-order valence-electron chi connectivity index (χ2n) is 3.34. The monoisotopic (exact) mass is 214 g/mol. The van der Waals surface area contributed by atoms with Crippen molar-refractivity contribution in [3.05, 3.63) is 23.8 Å². The molecular formula is C12H22OS. The molecule has 0 spiro atoms. The third-order valence-electron chi connectivity index (χ3n) is 2.20. The van der Waals surface area contributed by atoms with Gasteiger partial charge < -0.3 is 5.11 Å². The van der Waals surface area contributed by atoms with Gasteiger partial charge >= 0.3 is 0 Å². The van der Waals surface area contributed by atoms with Gasteiger partial charge in [0, 0.05) is 11.9 Å². The van der Waals surface area contributed by atoms with E-state index < -0.39 is 0 Å². The van der Waals surface area contributed by atoms with Gasteiger partial charge in [0.15, 0.2) is 0 Å². The molecule has 0 rings (SSSR count). The number of rotatable bonds is 7. The molecule has 0 heterocycles. The third-order valence-corrected chi connectivity index (χ3v) is 3.10. The van der Waals surface area contributed by atoms with Crippen molar-refractivity contribution in [2.24, 2.45) is 0 Å². The van der Waals surface area contributed by atoms with E-state index >= 15 is 0 Å². The zero-order chi connectivity index (χ0) is 10.8. The van der Waals surface area contributed by atoms with Crippen molar-refractivity contribution in [2.75, 3.05) is 12.9 Å². The molecular weight excluding hydrogens is 192 g/mol. The molecule has 14 heavy (non-hydrogen) atoms. The van der Waals surface area contributed by atoms with Crippen LogP contribution in [-0.2, 0) is 0 Å². The zero-order valence-corrected chi connectivity index (χ0v) is 10.3. The summed E-state index contributed by atoms with van der Waals surface area (Å²) in [6.07, 6.45) is 11.8. The van der Waals surface area contributed by atoms with Gasteiger partial charge in [0.1, 0.15) is 0 Å². The largest absolute Gasteiger partial charge is 0.396 e. The van der Waals surface area contributed by atoms with Crippen molar-refractivity contribution >= 4 is 11.8 Å². The van der Waals surface area contributed by atoms with Gasteiger partial charge in [-0.15, -0.1) is 0 Å². The van der Waals surface area contributed by atoms with E-state index in [1.165, 1.54) is 5.57 Å². The van der Waals surface area contributed by atoms with E-state index in [9.17, 15) is 0 Å². The predicted molar refractivity (Wildman–Crippen MR) is 66.8 cm³/mol. The maximum Gasteiger partial charge on any atom is 0.0431 e. The summed E-state index contributed by atoms with van der Waals surface area (Å²) in [5, 5.41) is 9.25. The van der Waals surface area contributed by atoms with Crippen LogP contribution in [0.25, 0.3) is 0 Å². The average Bonchev–Trinajstić information content (AvgIpc) is 2.22. The quantitative estimate of drug-likeness (QED) is 0.518. The second-order valence-corrected chi connectivity index (χ2v) is 4.56. The molecule has 1 nitrogen and oxygen atoms in total. The Balaban J connectivity index is 3.85. The van der Waals surface area contributed by atoms with Crippen molar-refractivity contribution in [3.8, 4) is 0 Å². The summed E-state index contributed by atoms with van der Waals surface area (Å²) >= 11 is 1.85. The van der Waals surface area contributed by atoms with Gasteiger partial charge in [0.25, 0.3) is 0 Å². The molecule has 1 unspecified atom stereocenters. The highest BCUT2D eigenvalue weighted by Gasteiger charge is 1.94. The highest BCUT2D eigenvalue weighted by atomic mass is 32.2. The minimum Gasteiger partial charge on any atom is -0.396 e.